The van der Waals surface area contributed by atoms with E-state index >= 15 is 0 Å². The lowest BCUT2D eigenvalue weighted by Gasteiger charge is -2.12. The molecule has 0 unspecified atom stereocenters. The van der Waals surface area contributed by atoms with E-state index in [4.69, 9.17) is 0 Å². The maximum atomic E-state index is 13.4. The minimum atomic E-state index is -3.03. The van der Waals surface area contributed by atoms with Crippen LogP contribution in [0, 0.1) is 0 Å². The molecule has 2 heterocycles. The average Bonchev–Trinajstić information content (AvgIpc) is 2.89. The van der Waals surface area contributed by atoms with Gasteiger partial charge in [0.15, 0.2) is 0 Å². The van der Waals surface area contributed by atoms with E-state index in [1.54, 1.807) is 25.3 Å². The van der Waals surface area contributed by atoms with E-state index in [2.05, 4.69) is 20.0 Å². The Morgan fingerprint density at radius 2 is 1.76 bits per heavy atom. The summed E-state index contributed by atoms with van der Waals surface area (Å²) in [7, 11) is 0. The highest BCUT2D eigenvalue weighted by Crippen LogP contribution is 2.27. The Labute approximate surface area is 216 Å². The van der Waals surface area contributed by atoms with Gasteiger partial charge in [-0.3, -0.25) is 9.78 Å². The number of allylic oxidation sites excluding steroid dienone is 6. The highest BCUT2D eigenvalue weighted by atomic mass is 19.3. The van der Waals surface area contributed by atoms with Crippen LogP contribution in [0.1, 0.15) is 64.3 Å². The molecular weight excluding hydrogens is 486 g/mol. The molecule has 9 heteroatoms. The third-order valence-electron chi connectivity index (χ3n) is 5.44. The third-order valence-corrected chi connectivity index (χ3v) is 5.44. The maximum Gasteiger partial charge on any atom is 0.388 e. The SMILES string of the molecule is CC.CC/C(C)=C(/C=C\C(CC(F)F)=C(/C)c1ccnc(OC(F)F)c1)Cc1ccc(CNC=O)nc1. The van der Waals surface area contributed by atoms with Gasteiger partial charge in [-0.2, -0.15) is 8.78 Å². The molecule has 1 N–H and O–H groups in total. The van der Waals surface area contributed by atoms with Gasteiger partial charge in [-0.15, -0.1) is 0 Å². The molecule has 0 aromatic carbocycles. The molecule has 0 fully saturated rings. The van der Waals surface area contributed by atoms with E-state index in [0.717, 1.165) is 28.8 Å². The molecule has 2 aromatic rings. The molecule has 0 aliphatic rings. The predicted octanol–water partition coefficient (Wildman–Crippen LogP) is 7.30. The number of hydrogen-bond donors (Lipinski definition) is 1. The minimum absolute atomic E-state index is 0.279. The minimum Gasteiger partial charge on any atom is -0.417 e. The molecule has 2 rings (SSSR count). The fourth-order valence-electron chi connectivity index (χ4n) is 3.31. The van der Waals surface area contributed by atoms with Crippen LogP contribution in [0.25, 0.3) is 5.57 Å². The number of carbonyl (C=O) groups is 1. The maximum absolute atomic E-state index is 13.4. The quantitative estimate of drug-likeness (QED) is 0.171. The lowest BCUT2D eigenvalue weighted by Crippen LogP contribution is -2.11. The lowest BCUT2D eigenvalue weighted by atomic mass is 9.95. The van der Waals surface area contributed by atoms with Crippen molar-refractivity contribution < 1.29 is 27.1 Å². The summed E-state index contributed by atoms with van der Waals surface area (Å²) in [5.74, 6) is -0.279. The number of halogens is 4. The summed E-state index contributed by atoms with van der Waals surface area (Å²) in [6.07, 6.45) is 5.35. The van der Waals surface area contributed by atoms with Crippen molar-refractivity contribution in [1.82, 2.24) is 15.3 Å². The number of pyridine rings is 2. The number of ether oxygens (including phenoxy) is 1. The molecule has 0 spiro atoms. The lowest BCUT2D eigenvalue weighted by molar-refractivity contribution is -0.109. The molecule has 0 radical (unpaired) electrons. The molecule has 2 aromatic heterocycles. The van der Waals surface area contributed by atoms with E-state index in [-0.39, 0.29) is 5.88 Å². The topological polar surface area (TPSA) is 64.1 Å². The molecule has 0 aliphatic carbocycles. The zero-order valence-electron chi connectivity index (χ0n) is 21.9. The van der Waals surface area contributed by atoms with Crippen molar-refractivity contribution in [3.63, 3.8) is 0 Å². The molecule has 0 atom stereocenters. The Kier molecular flexibility index (Phi) is 14.5. The Bertz CT molecular complexity index is 1070. The molecule has 0 saturated heterocycles. The van der Waals surface area contributed by atoms with Crippen LogP contribution in [0.15, 0.2) is 65.5 Å². The van der Waals surface area contributed by atoms with Gasteiger partial charge in [-0.05, 0) is 66.7 Å². The Hall–Kier alpha value is -3.49. The molecular formula is C28H35F4N3O2. The highest BCUT2D eigenvalue weighted by molar-refractivity contribution is 5.70. The van der Waals surface area contributed by atoms with Crippen LogP contribution < -0.4 is 10.1 Å². The average molecular weight is 522 g/mol. The number of amides is 1. The molecule has 1 amide bonds. The summed E-state index contributed by atoms with van der Waals surface area (Å²) in [4.78, 5) is 18.5. The summed E-state index contributed by atoms with van der Waals surface area (Å²) in [6, 6.07) is 6.60. The highest BCUT2D eigenvalue weighted by Gasteiger charge is 2.13. The van der Waals surface area contributed by atoms with Crippen LogP contribution >= 0.6 is 0 Å². The summed E-state index contributed by atoms with van der Waals surface area (Å²) < 4.78 is 56.2. The number of nitrogens with zero attached hydrogens (tertiary/aromatic N) is 2. The van der Waals surface area contributed by atoms with Gasteiger partial charge in [0.1, 0.15) is 0 Å². The zero-order chi connectivity index (χ0) is 27.8. The van der Waals surface area contributed by atoms with Crippen LogP contribution in [0.3, 0.4) is 0 Å². The summed E-state index contributed by atoms with van der Waals surface area (Å²) in [5.41, 5.74) is 5.08. The van der Waals surface area contributed by atoms with E-state index in [1.165, 1.54) is 12.3 Å². The molecule has 5 nitrogen and oxygen atoms in total. The Morgan fingerprint density at radius 3 is 2.32 bits per heavy atom. The molecule has 202 valence electrons. The van der Waals surface area contributed by atoms with E-state index < -0.39 is 19.5 Å². The standard InChI is InChI=1S/C26H29F4N3O2.C2H6/c1-4-17(2)20(11-19-5-8-23(33-14-19)15-31-16-34)6-7-21(12-24(27)28)18(3)22-9-10-32-25(13-22)35-26(29)30;1-2/h5-10,13-14,16,24,26H,4,11-12,15H2,1-3H3,(H,31,34);1-2H3/b7-6-,20-17-,21-18-;. The fourth-order valence-corrected chi connectivity index (χ4v) is 3.31. The van der Waals surface area contributed by atoms with Crippen molar-refractivity contribution in [3.05, 3.63) is 82.4 Å². The van der Waals surface area contributed by atoms with Gasteiger partial charge in [-0.1, -0.05) is 44.6 Å². The van der Waals surface area contributed by atoms with Crippen LogP contribution in [0.5, 0.6) is 5.88 Å². The summed E-state index contributed by atoms with van der Waals surface area (Å²) in [6.45, 7) is 6.96. The van der Waals surface area contributed by atoms with E-state index in [0.29, 0.717) is 36.1 Å². The fraction of sp³-hybridized carbons (Fsp3) is 0.393. The summed E-state index contributed by atoms with van der Waals surface area (Å²) >= 11 is 0. The molecule has 0 bridgehead atoms. The second-order valence-electron chi connectivity index (χ2n) is 7.83. The number of nitrogens with one attached hydrogen (secondary N) is 1. The first-order valence-electron chi connectivity index (χ1n) is 12.1. The van der Waals surface area contributed by atoms with Crippen molar-refractivity contribution in [1.29, 1.82) is 0 Å². The van der Waals surface area contributed by atoms with Crippen LogP contribution in [0.4, 0.5) is 17.6 Å². The Balaban J connectivity index is 0.00000334. The second-order valence-corrected chi connectivity index (χ2v) is 7.83. The molecule has 0 aliphatic heterocycles. The zero-order valence-corrected chi connectivity index (χ0v) is 21.9. The van der Waals surface area contributed by atoms with Gasteiger partial charge >= 0.3 is 6.61 Å². The van der Waals surface area contributed by atoms with Crippen molar-refractivity contribution in [2.45, 2.75) is 73.5 Å². The van der Waals surface area contributed by atoms with Crippen LogP contribution in [-0.2, 0) is 17.8 Å². The van der Waals surface area contributed by atoms with Crippen molar-refractivity contribution in [3.8, 4) is 5.88 Å². The summed E-state index contributed by atoms with van der Waals surface area (Å²) in [5, 5.41) is 2.56. The van der Waals surface area contributed by atoms with Crippen molar-refractivity contribution in [2.24, 2.45) is 0 Å². The monoisotopic (exact) mass is 521 g/mol. The van der Waals surface area contributed by atoms with Gasteiger partial charge in [-0.25, -0.2) is 13.8 Å². The smallest absolute Gasteiger partial charge is 0.388 e. The van der Waals surface area contributed by atoms with Crippen LogP contribution in [0.2, 0.25) is 0 Å². The van der Waals surface area contributed by atoms with Gasteiger partial charge < -0.3 is 10.1 Å². The van der Waals surface area contributed by atoms with Crippen LogP contribution in [-0.4, -0.2) is 29.4 Å². The number of alkyl halides is 4. The second kappa shape index (κ2) is 17.1. The Morgan fingerprint density at radius 1 is 1.05 bits per heavy atom. The van der Waals surface area contributed by atoms with E-state index in [9.17, 15) is 22.4 Å². The molecule has 37 heavy (non-hydrogen) atoms. The molecule has 0 saturated carbocycles. The first-order valence-corrected chi connectivity index (χ1v) is 12.1. The number of carbonyl (C=O) groups excluding carboxylic acids is 1. The number of rotatable bonds is 13. The first-order chi connectivity index (χ1) is 17.7. The number of aromatic nitrogens is 2. The van der Waals surface area contributed by atoms with Crippen molar-refractivity contribution in [2.75, 3.05) is 0 Å². The normalized spacial score (nSPS) is 12.6. The van der Waals surface area contributed by atoms with E-state index in [1.807, 2.05) is 45.9 Å². The van der Waals surface area contributed by atoms with Gasteiger partial charge in [0.2, 0.25) is 18.7 Å². The number of hydrogen-bond acceptors (Lipinski definition) is 4. The van der Waals surface area contributed by atoms with Crippen molar-refractivity contribution >= 4 is 12.0 Å². The van der Waals surface area contributed by atoms with Gasteiger partial charge in [0, 0.05) is 24.9 Å². The predicted molar refractivity (Wildman–Crippen MR) is 138 cm³/mol. The largest absolute Gasteiger partial charge is 0.417 e. The first kappa shape index (κ1) is 31.5. The van der Waals surface area contributed by atoms with Gasteiger partial charge in [0.25, 0.3) is 0 Å². The van der Waals surface area contributed by atoms with Gasteiger partial charge in [0.05, 0.1) is 12.2 Å². The third kappa shape index (κ3) is 11.4.